The van der Waals surface area contributed by atoms with Gasteiger partial charge in [0.25, 0.3) is 0 Å². The van der Waals surface area contributed by atoms with Gasteiger partial charge in [-0.2, -0.15) is 0 Å². The van der Waals surface area contributed by atoms with Gasteiger partial charge in [-0.25, -0.2) is 0 Å². The smallest absolute Gasteiger partial charge is 0.305 e. The van der Waals surface area contributed by atoms with Crippen LogP contribution in [0.25, 0.3) is 0 Å². The van der Waals surface area contributed by atoms with Crippen molar-refractivity contribution >= 4 is 5.97 Å². The van der Waals surface area contributed by atoms with Crippen LogP contribution in [0.5, 0.6) is 0 Å². The quantitative estimate of drug-likeness (QED) is 0.0400. The molecule has 0 aliphatic carbocycles. The second-order valence-corrected chi connectivity index (χ2v) is 14.5. The molecule has 23 heteroatoms. The Balaban J connectivity index is 1.43. The molecule has 0 aromatic rings. The van der Waals surface area contributed by atoms with Crippen LogP contribution in [0.4, 0.5) is 0 Å². The first-order valence-corrected chi connectivity index (χ1v) is 19.0. The predicted octanol–water partition coefficient (Wildman–Crippen LogP) is -6.82. The second-order valence-electron chi connectivity index (χ2n) is 14.5. The normalized spacial score (nSPS) is 44.2. The number of hydrogen-bond acceptors (Lipinski definition) is 23. The number of aliphatic hydroxyl groups excluding tert-OH is 13. The van der Waals surface area contributed by atoms with Gasteiger partial charge in [-0.15, -0.1) is 0 Å². The fourth-order valence-electron chi connectivity index (χ4n) is 6.93. The minimum atomic E-state index is -1.92. The molecule has 0 aromatic heterocycles. The summed E-state index contributed by atoms with van der Waals surface area (Å²) in [6.45, 7) is -3.03. The highest BCUT2D eigenvalue weighted by atomic mass is 16.8. The Labute approximate surface area is 327 Å². The average Bonchev–Trinajstić information content (AvgIpc) is 3.20. The maximum atomic E-state index is 11.4. The van der Waals surface area contributed by atoms with Crippen molar-refractivity contribution in [1.82, 2.24) is 0 Å². The number of ether oxygens (including phenoxy) is 9. The molecule has 20 atom stereocenters. The number of aliphatic hydroxyl groups is 13. The van der Waals surface area contributed by atoms with Crippen LogP contribution in [0.15, 0.2) is 0 Å². The summed E-state index contributed by atoms with van der Waals surface area (Å²) in [6, 6.07) is 0. The molecule has 4 aliphatic rings. The van der Waals surface area contributed by atoms with Gasteiger partial charge < -0.3 is 109 Å². The number of methoxy groups -OCH3 is 1. The lowest BCUT2D eigenvalue weighted by Gasteiger charge is -2.47. The molecule has 334 valence electrons. The number of rotatable bonds is 20. The zero-order valence-corrected chi connectivity index (χ0v) is 31.4. The third kappa shape index (κ3) is 12.1. The van der Waals surface area contributed by atoms with Gasteiger partial charge in [-0.05, 0) is 12.8 Å². The van der Waals surface area contributed by atoms with E-state index < -0.39 is 149 Å². The minimum absolute atomic E-state index is 0.0534. The molecule has 0 unspecified atom stereocenters. The molecule has 0 bridgehead atoms. The SMILES string of the molecule is COC(=O)CCCCCCCCO[C@@H]1O[C@H](CO[C@H]2O[C@H](CO)[C@@H](O)[C@H](O[C@H]3O[C@H](CO)[C@@H](O)[C@H](O)[C@@H]3O)[C@@H]2O)[C@@H](O)[C@H](O[C@H]2O[C@H](CO)[C@@H](O)[C@H](O)[C@@H]2O)[C@@H]1O. The molecule has 0 saturated carbocycles. The van der Waals surface area contributed by atoms with Crippen LogP contribution in [-0.2, 0) is 47.4 Å². The van der Waals surface area contributed by atoms with Gasteiger partial charge >= 0.3 is 5.97 Å². The van der Waals surface area contributed by atoms with Crippen LogP contribution in [0.3, 0.4) is 0 Å². The standard InChI is InChI=1S/C34H60O23/c1-49-18(38)8-6-4-2-3-5-7-9-50-31-27(47)30(57-34-26(46)24(44)20(40)15(11-36)54-34)22(42)17(55-31)13-51-32-28(48)29(21(41)16(12-37)52-32)56-33-25(45)23(43)19(39)14(10-35)53-33/h14-17,19-37,39-48H,2-13H2,1H3/t14-,15-,16-,17-,19-,20-,21-,22-,23+,24+,25+,26+,27+,28+,29+,30+,31-,32+,33-,34-/m1/s1. The topological polar surface area (TPSA) is 363 Å². The highest BCUT2D eigenvalue weighted by Gasteiger charge is 2.54. The van der Waals surface area contributed by atoms with Gasteiger partial charge in [-0.3, -0.25) is 4.79 Å². The Hall–Kier alpha value is -1.37. The molecular formula is C34H60O23. The molecule has 4 aliphatic heterocycles. The average molecular weight is 837 g/mol. The summed E-state index contributed by atoms with van der Waals surface area (Å²) in [5.41, 5.74) is 0. The molecule has 4 heterocycles. The molecule has 0 aromatic carbocycles. The van der Waals surface area contributed by atoms with Crippen LogP contribution >= 0.6 is 0 Å². The maximum absolute atomic E-state index is 11.4. The zero-order chi connectivity index (χ0) is 42.0. The van der Waals surface area contributed by atoms with Crippen LogP contribution in [-0.4, -0.2) is 235 Å². The largest absolute Gasteiger partial charge is 0.469 e. The molecule has 4 rings (SSSR count). The Kier molecular flexibility index (Phi) is 19.5. The molecule has 23 nitrogen and oxygen atoms in total. The van der Waals surface area contributed by atoms with Gasteiger partial charge in [0.05, 0.1) is 33.5 Å². The van der Waals surface area contributed by atoms with Gasteiger partial charge in [0, 0.05) is 13.0 Å². The number of esters is 1. The lowest BCUT2D eigenvalue weighted by molar-refractivity contribution is -0.373. The van der Waals surface area contributed by atoms with E-state index in [0.29, 0.717) is 25.7 Å². The molecule has 13 N–H and O–H groups in total. The van der Waals surface area contributed by atoms with Crippen molar-refractivity contribution in [1.29, 1.82) is 0 Å². The molecule has 0 spiro atoms. The zero-order valence-electron chi connectivity index (χ0n) is 31.4. The summed E-state index contributed by atoms with van der Waals surface area (Å²) < 4.78 is 49.6. The van der Waals surface area contributed by atoms with Gasteiger partial charge in [0.2, 0.25) is 0 Å². The monoisotopic (exact) mass is 836 g/mol. The van der Waals surface area contributed by atoms with Gasteiger partial charge in [0.1, 0.15) is 97.7 Å². The molecule has 0 radical (unpaired) electrons. The van der Waals surface area contributed by atoms with Gasteiger partial charge in [0.15, 0.2) is 25.2 Å². The predicted molar refractivity (Wildman–Crippen MR) is 182 cm³/mol. The molecular weight excluding hydrogens is 776 g/mol. The summed E-state index contributed by atoms with van der Waals surface area (Å²) in [4.78, 5) is 11.3. The van der Waals surface area contributed by atoms with Crippen molar-refractivity contribution in [3.8, 4) is 0 Å². The highest BCUT2D eigenvalue weighted by molar-refractivity contribution is 5.68. The first-order chi connectivity index (χ1) is 27.2. The van der Waals surface area contributed by atoms with Crippen LogP contribution in [0, 0.1) is 0 Å². The Bertz CT molecular complexity index is 1170. The molecule has 4 saturated heterocycles. The van der Waals surface area contributed by atoms with E-state index >= 15 is 0 Å². The van der Waals surface area contributed by atoms with Crippen molar-refractivity contribution in [2.75, 3.05) is 40.1 Å². The summed E-state index contributed by atoms with van der Waals surface area (Å²) >= 11 is 0. The van der Waals surface area contributed by atoms with Crippen molar-refractivity contribution in [2.45, 2.75) is 168 Å². The Morgan fingerprint density at radius 2 is 0.860 bits per heavy atom. The van der Waals surface area contributed by atoms with Crippen molar-refractivity contribution in [3.63, 3.8) is 0 Å². The summed E-state index contributed by atoms with van der Waals surface area (Å²) in [7, 11) is 1.33. The van der Waals surface area contributed by atoms with Crippen LogP contribution in [0.1, 0.15) is 44.9 Å². The number of carbonyl (C=O) groups is 1. The maximum Gasteiger partial charge on any atom is 0.305 e. The third-order valence-electron chi connectivity index (χ3n) is 10.5. The number of carbonyl (C=O) groups excluding carboxylic acids is 1. The highest BCUT2D eigenvalue weighted by Crippen LogP contribution is 2.33. The first-order valence-electron chi connectivity index (χ1n) is 19.0. The van der Waals surface area contributed by atoms with E-state index in [1.165, 1.54) is 7.11 Å². The minimum Gasteiger partial charge on any atom is -0.469 e. The third-order valence-corrected chi connectivity index (χ3v) is 10.5. The lowest BCUT2D eigenvalue weighted by Crippen LogP contribution is -2.66. The second kappa shape index (κ2) is 23.0. The first kappa shape index (κ1) is 48.3. The van der Waals surface area contributed by atoms with E-state index in [9.17, 15) is 71.2 Å². The van der Waals surface area contributed by atoms with E-state index in [4.69, 9.17) is 37.9 Å². The van der Waals surface area contributed by atoms with Crippen LogP contribution in [0.2, 0.25) is 0 Å². The molecule has 4 fully saturated rings. The Morgan fingerprint density at radius 1 is 0.456 bits per heavy atom. The molecule has 0 amide bonds. The van der Waals surface area contributed by atoms with E-state index in [2.05, 4.69) is 4.74 Å². The van der Waals surface area contributed by atoms with E-state index in [-0.39, 0.29) is 12.6 Å². The van der Waals surface area contributed by atoms with Gasteiger partial charge in [-0.1, -0.05) is 25.7 Å². The van der Waals surface area contributed by atoms with Crippen molar-refractivity contribution in [3.05, 3.63) is 0 Å². The van der Waals surface area contributed by atoms with E-state index in [1.54, 1.807) is 0 Å². The number of unbranched alkanes of at least 4 members (excludes halogenated alkanes) is 5. The summed E-state index contributed by atoms with van der Waals surface area (Å²) in [5, 5.41) is 136. The summed E-state index contributed by atoms with van der Waals surface area (Å²) in [6.07, 6.45) is -29.6. The van der Waals surface area contributed by atoms with Crippen LogP contribution < -0.4 is 0 Å². The Morgan fingerprint density at radius 3 is 1.35 bits per heavy atom. The molecule has 57 heavy (non-hydrogen) atoms. The lowest BCUT2D eigenvalue weighted by atomic mass is 9.96. The van der Waals surface area contributed by atoms with E-state index in [0.717, 1.165) is 19.3 Å². The van der Waals surface area contributed by atoms with E-state index in [1.807, 2.05) is 0 Å². The fourth-order valence-corrected chi connectivity index (χ4v) is 6.93. The van der Waals surface area contributed by atoms with Crippen molar-refractivity contribution < 1.29 is 114 Å². The summed E-state index contributed by atoms with van der Waals surface area (Å²) in [5.74, 6) is -0.280. The fraction of sp³-hybridized carbons (Fsp3) is 0.971. The number of hydrogen-bond donors (Lipinski definition) is 13. The van der Waals surface area contributed by atoms with Crippen molar-refractivity contribution in [2.24, 2.45) is 0 Å².